The van der Waals surface area contributed by atoms with Crippen molar-refractivity contribution in [2.24, 2.45) is 0 Å². The summed E-state index contributed by atoms with van der Waals surface area (Å²) < 4.78 is 1.07. The number of halogens is 2. The first kappa shape index (κ1) is 22.5. The predicted molar refractivity (Wildman–Crippen MR) is 127 cm³/mol. The lowest BCUT2D eigenvalue weighted by Crippen LogP contribution is -2.57. The zero-order valence-corrected chi connectivity index (χ0v) is 19.4. The summed E-state index contributed by atoms with van der Waals surface area (Å²) in [6, 6.07) is 18.5. The van der Waals surface area contributed by atoms with Crippen molar-refractivity contribution in [2.45, 2.75) is 37.3 Å². The minimum atomic E-state index is -0.353. The Bertz CT molecular complexity index is 812. The van der Waals surface area contributed by atoms with Gasteiger partial charge in [0.2, 0.25) is 0 Å². The highest BCUT2D eigenvalue weighted by molar-refractivity contribution is 14.1. The maximum Gasteiger partial charge on any atom is 0.253 e. The minimum absolute atomic E-state index is 0. The normalized spacial score (nSPS) is 23.4. The van der Waals surface area contributed by atoms with Gasteiger partial charge in [0, 0.05) is 22.2 Å². The molecule has 6 heteroatoms. The monoisotopic (exact) mass is 526 g/mol. The van der Waals surface area contributed by atoms with Gasteiger partial charge >= 0.3 is 0 Å². The van der Waals surface area contributed by atoms with Gasteiger partial charge in [-0.25, -0.2) is 0 Å². The zero-order chi connectivity index (χ0) is 19.5. The SMILES string of the molecule is Cl.O=C(c1cccc(I)c1)N1CC[C@@H](O)[C@H](N2CCC(c3ccccc3)CC2)C1. The van der Waals surface area contributed by atoms with Crippen LogP contribution in [-0.2, 0) is 0 Å². The first-order chi connectivity index (χ1) is 13.6. The highest BCUT2D eigenvalue weighted by atomic mass is 127. The number of aliphatic hydroxyl groups excluding tert-OH is 1. The molecule has 0 aromatic heterocycles. The van der Waals surface area contributed by atoms with Crippen molar-refractivity contribution >= 4 is 40.9 Å². The van der Waals surface area contributed by atoms with E-state index in [1.54, 1.807) is 0 Å². The molecule has 1 N–H and O–H groups in total. The number of rotatable bonds is 3. The van der Waals surface area contributed by atoms with E-state index in [4.69, 9.17) is 0 Å². The Morgan fingerprint density at radius 3 is 2.38 bits per heavy atom. The summed E-state index contributed by atoms with van der Waals surface area (Å²) in [7, 11) is 0. The molecule has 0 unspecified atom stereocenters. The minimum Gasteiger partial charge on any atom is -0.391 e. The molecule has 2 heterocycles. The topological polar surface area (TPSA) is 43.8 Å². The highest BCUT2D eigenvalue weighted by Crippen LogP contribution is 2.30. The number of piperidine rings is 2. The third-order valence-corrected chi connectivity index (χ3v) is 6.85. The standard InChI is InChI=1S/C23H27IN2O2.ClH/c24-20-8-4-7-19(15-20)23(28)26-14-11-22(27)21(16-26)25-12-9-18(10-13-25)17-5-2-1-3-6-17;/h1-8,15,18,21-22,27H,9-14,16H2;1H/t21-,22-;/m1./s1. The fourth-order valence-corrected chi connectivity index (χ4v) is 5.10. The molecule has 2 saturated heterocycles. The van der Waals surface area contributed by atoms with E-state index in [1.165, 1.54) is 5.56 Å². The van der Waals surface area contributed by atoms with Crippen molar-refractivity contribution < 1.29 is 9.90 Å². The molecule has 29 heavy (non-hydrogen) atoms. The molecule has 2 atom stereocenters. The summed E-state index contributed by atoms with van der Waals surface area (Å²) in [5.74, 6) is 0.678. The molecule has 4 rings (SSSR count). The van der Waals surface area contributed by atoms with Crippen LogP contribution in [0, 0.1) is 3.57 Å². The molecule has 2 aromatic rings. The van der Waals surface area contributed by atoms with Crippen LogP contribution in [0.5, 0.6) is 0 Å². The van der Waals surface area contributed by atoms with Crippen molar-refractivity contribution in [1.29, 1.82) is 0 Å². The molecule has 0 spiro atoms. The number of amides is 1. The molecule has 1 amide bonds. The van der Waals surface area contributed by atoms with Gasteiger partial charge in [0.15, 0.2) is 0 Å². The summed E-state index contributed by atoms with van der Waals surface area (Å²) in [4.78, 5) is 17.3. The lowest BCUT2D eigenvalue weighted by atomic mass is 9.88. The number of carbonyl (C=O) groups excluding carboxylic acids is 1. The maximum atomic E-state index is 12.9. The molecule has 156 valence electrons. The van der Waals surface area contributed by atoms with Gasteiger partial charge in [-0.05, 0) is 84.6 Å². The fraction of sp³-hybridized carbons (Fsp3) is 0.435. The summed E-state index contributed by atoms with van der Waals surface area (Å²) in [6.07, 6.45) is 2.52. The third-order valence-electron chi connectivity index (χ3n) is 6.17. The van der Waals surface area contributed by atoms with Crippen molar-refractivity contribution in [3.8, 4) is 0 Å². The van der Waals surface area contributed by atoms with Gasteiger partial charge in [-0.1, -0.05) is 36.4 Å². The Balaban J connectivity index is 0.00000240. The predicted octanol–water partition coefficient (Wildman–Crippen LogP) is 4.17. The van der Waals surface area contributed by atoms with E-state index >= 15 is 0 Å². The van der Waals surface area contributed by atoms with E-state index < -0.39 is 0 Å². The van der Waals surface area contributed by atoms with Crippen molar-refractivity contribution in [3.05, 3.63) is 69.3 Å². The Morgan fingerprint density at radius 1 is 0.966 bits per heavy atom. The van der Waals surface area contributed by atoms with Crippen molar-refractivity contribution in [1.82, 2.24) is 9.80 Å². The molecule has 0 bridgehead atoms. The number of hydrogen-bond acceptors (Lipinski definition) is 3. The van der Waals surface area contributed by atoms with E-state index in [2.05, 4.69) is 57.8 Å². The lowest BCUT2D eigenvalue weighted by Gasteiger charge is -2.44. The average Bonchev–Trinajstić information content (AvgIpc) is 2.74. The van der Waals surface area contributed by atoms with Gasteiger partial charge < -0.3 is 10.0 Å². The zero-order valence-electron chi connectivity index (χ0n) is 16.4. The summed E-state index contributed by atoms with van der Waals surface area (Å²) in [5, 5.41) is 10.6. The quantitative estimate of drug-likeness (QED) is 0.611. The first-order valence-corrected chi connectivity index (χ1v) is 11.2. The second kappa shape index (κ2) is 10.2. The molecule has 2 aliphatic rings. The van der Waals surface area contributed by atoms with E-state index in [9.17, 15) is 9.90 Å². The second-order valence-electron chi connectivity index (χ2n) is 7.91. The number of aliphatic hydroxyl groups is 1. The molecular formula is C23H28ClIN2O2. The summed E-state index contributed by atoms with van der Waals surface area (Å²) >= 11 is 2.24. The van der Waals surface area contributed by atoms with Gasteiger partial charge in [-0.2, -0.15) is 0 Å². The van der Waals surface area contributed by atoms with E-state index in [0.717, 1.165) is 35.1 Å². The van der Waals surface area contributed by atoms with Crippen molar-refractivity contribution in [2.75, 3.05) is 26.2 Å². The highest BCUT2D eigenvalue weighted by Gasteiger charge is 2.36. The van der Waals surface area contributed by atoms with Crippen LogP contribution in [0.1, 0.15) is 41.1 Å². The smallest absolute Gasteiger partial charge is 0.253 e. The largest absolute Gasteiger partial charge is 0.391 e. The van der Waals surface area contributed by atoms with Crippen LogP contribution in [0.25, 0.3) is 0 Å². The van der Waals surface area contributed by atoms with E-state index in [1.807, 2.05) is 29.2 Å². The van der Waals surface area contributed by atoms with Gasteiger partial charge in [0.1, 0.15) is 0 Å². The molecule has 2 aromatic carbocycles. The van der Waals surface area contributed by atoms with Crippen LogP contribution in [0.15, 0.2) is 54.6 Å². The number of nitrogens with zero attached hydrogens (tertiary/aromatic N) is 2. The number of carbonyl (C=O) groups is 1. The van der Waals surface area contributed by atoms with E-state index in [0.29, 0.717) is 25.4 Å². The van der Waals surface area contributed by atoms with Gasteiger partial charge in [0.25, 0.3) is 5.91 Å². The van der Waals surface area contributed by atoms with Gasteiger partial charge in [0.05, 0.1) is 12.1 Å². The number of hydrogen-bond donors (Lipinski definition) is 1. The molecule has 4 nitrogen and oxygen atoms in total. The van der Waals surface area contributed by atoms with Crippen molar-refractivity contribution in [3.63, 3.8) is 0 Å². The molecule has 2 aliphatic heterocycles. The maximum absolute atomic E-state index is 12.9. The molecular weight excluding hydrogens is 499 g/mol. The van der Waals surface area contributed by atoms with Crippen LogP contribution in [0.2, 0.25) is 0 Å². The average molecular weight is 527 g/mol. The Hall–Kier alpha value is -1.15. The Morgan fingerprint density at radius 2 is 1.69 bits per heavy atom. The van der Waals surface area contributed by atoms with Crippen LogP contribution in [0.3, 0.4) is 0 Å². The Labute approximate surface area is 192 Å². The third kappa shape index (κ3) is 5.32. The van der Waals surface area contributed by atoms with Crippen LogP contribution in [-0.4, -0.2) is 59.1 Å². The van der Waals surface area contributed by atoms with Crippen LogP contribution >= 0.6 is 35.0 Å². The van der Waals surface area contributed by atoms with E-state index in [-0.39, 0.29) is 30.5 Å². The van der Waals surface area contributed by atoms with Gasteiger partial charge in [-0.3, -0.25) is 9.69 Å². The number of benzene rings is 2. The van der Waals surface area contributed by atoms with Crippen LogP contribution < -0.4 is 0 Å². The fourth-order valence-electron chi connectivity index (χ4n) is 4.56. The molecule has 0 saturated carbocycles. The molecule has 0 radical (unpaired) electrons. The summed E-state index contributed by atoms with van der Waals surface area (Å²) in [6.45, 7) is 3.20. The van der Waals surface area contributed by atoms with Gasteiger partial charge in [-0.15, -0.1) is 12.4 Å². The second-order valence-corrected chi connectivity index (χ2v) is 9.15. The lowest BCUT2D eigenvalue weighted by molar-refractivity contribution is -0.0154. The van der Waals surface area contributed by atoms with Crippen LogP contribution in [0.4, 0.5) is 0 Å². The first-order valence-electron chi connectivity index (χ1n) is 10.1. The number of likely N-dealkylation sites (tertiary alicyclic amines) is 2. The summed E-state index contributed by atoms with van der Waals surface area (Å²) in [5.41, 5.74) is 2.16. The molecule has 0 aliphatic carbocycles. The molecule has 2 fully saturated rings. The Kier molecular flexibility index (Phi) is 7.96.